The first-order valence-electron chi connectivity index (χ1n) is 12.8. The number of methoxy groups -OCH3 is 4. The molecule has 1 aliphatic rings. The fourth-order valence-corrected chi connectivity index (χ4v) is 5.23. The lowest BCUT2D eigenvalue weighted by Gasteiger charge is -2.38. The van der Waals surface area contributed by atoms with Crippen molar-refractivity contribution in [1.82, 2.24) is 4.90 Å². The number of fused-ring (bicyclic) bond motifs is 2. The second-order valence-electron chi connectivity index (χ2n) is 9.43. The summed E-state index contributed by atoms with van der Waals surface area (Å²) in [5.74, 6) is 2.31. The number of para-hydroxylation sites is 1. The van der Waals surface area contributed by atoms with E-state index in [0.29, 0.717) is 52.9 Å². The van der Waals surface area contributed by atoms with Crippen LogP contribution in [0.3, 0.4) is 0 Å². The Bertz CT molecular complexity index is 1630. The van der Waals surface area contributed by atoms with Crippen LogP contribution in [0.4, 0.5) is 0 Å². The van der Waals surface area contributed by atoms with E-state index in [4.69, 9.17) is 28.1 Å². The number of carbonyl (C=O) groups excluding carboxylic acids is 1. The highest BCUT2D eigenvalue weighted by atomic mass is 16.5. The Labute approximate surface area is 231 Å². The van der Waals surface area contributed by atoms with Crippen LogP contribution in [-0.2, 0) is 6.42 Å². The molecule has 3 aromatic carbocycles. The predicted octanol–water partition coefficient (Wildman–Crippen LogP) is 4.95. The third-order valence-corrected chi connectivity index (χ3v) is 7.23. The molecule has 0 bridgehead atoms. The summed E-state index contributed by atoms with van der Waals surface area (Å²) >= 11 is 0. The molecule has 0 saturated carbocycles. The molecule has 0 radical (unpaired) electrons. The monoisotopic (exact) mass is 545 g/mol. The van der Waals surface area contributed by atoms with Crippen LogP contribution in [0.15, 0.2) is 63.8 Å². The molecule has 1 amide bonds. The van der Waals surface area contributed by atoms with E-state index < -0.39 is 11.7 Å². The standard InChI is InChI=1S/C31H31NO8/c1-18-13-29(33)40-26-15-20(9-10-21(18)26)39-17-24-23-16-28(37-4)27(36-3)14-19(23)11-12-32(24)31(34)22-7-6-8-25(35-2)30(22)38-5/h6-10,13-16,24H,11-12,17H2,1-5H3. The molecule has 9 heteroatoms. The smallest absolute Gasteiger partial charge is 0.336 e. The normalized spacial score (nSPS) is 14.4. The number of hydrogen-bond acceptors (Lipinski definition) is 8. The number of rotatable bonds is 8. The molecule has 9 nitrogen and oxygen atoms in total. The molecular weight excluding hydrogens is 514 g/mol. The lowest BCUT2D eigenvalue weighted by molar-refractivity contribution is 0.0585. The van der Waals surface area contributed by atoms with E-state index in [9.17, 15) is 9.59 Å². The first-order valence-corrected chi connectivity index (χ1v) is 12.8. The summed E-state index contributed by atoms with van der Waals surface area (Å²) in [6, 6.07) is 15.4. The van der Waals surface area contributed by atoms with Crippen molar-refractivity contribution in [1.29, 1.82) is 0 Å². The van der Waals surface area contributed by atoms with Gasteiger partial charge in [0.25, 0.3) is 5.91 Å². The zero-order valence-electron chi connectivity index (χ0n) is 23.1. The van der Waals surface area contributed by atoms with Crippen molar-refractivity contribution in [2.75, 3.05) is 41.6 Å². The van der Waals surface area contributed by atoms with Gasteiger partial charge in [0.1, 0.15) is 17.9 Å². The summed E-state index contributed by atoms with van der Waals surface area (Å²) in [6.07, 6.45) is 0.616. The van der Waals surface area contributed by atoms with Gasteiger partial charge >= 0.3 is 5.63 Å². The molecule has 208 valence electrons. The van der Waals surface area contributed by atoms with Gasteiger partial charge in [-0.25, -0.2) is 4.79 Å². The third-order valence-electron chi connectivity index (χ3n) is 7.23. The maximum absolute atomic E-state index is 14.0. The Morgan fingerprint density at radius 1 is 0.925 bits per heavy atom. The minimum atomic E-state index is -0.466. The molecule has 0 fully saturated rings. The molecule has 0 N–H and O–H groups in total. The van der Waals surface area contributed by atoms with Gasteiger partial charge in [0.15, 0.2) is 23.0 Å². The van der Waals surface area contributed by atoms with Gasteiger partial charge in [0.05, 0.1) is 40.0 Å². The molecule has 0 spiro atoms. The van der Waals surface area contributed by atoms with E-state index in [1.54, 1.807) is 43.4 Å². The molecule has 1 aliphatic heterocycles. The molecule has 1 aromatic heterocycles. The molecule has 1 atom stereocenters. The lowest BCUT2D eigenvalue weighted by atomic mass is 9.91. The number of nitrogens with zero attached hydrogens (tertiary/aromatic N) is 1. The fraction of sp³-hybridized carbons (Fsp3) is 0.290. The topological polar surface area (TPSA) is 96.7 Å². The SMILES string of the molecule is COc1cc2c(cc1OC)C(COc1ccc3c(C)cc(=O)oc3c1)N(C(=O)c1cccc(OC)c1OC)CC2. The van der Waals surface area contributed by atoms with Crippen LogP contribution < -0.4 is 29.3 Å². The van der Waals surface area contributed by atoms with Crippen molar-refractivity contribution in [3.8, 4) is 28.7 Å². The van der Waals surface area contributed by atoms with Gasteiger partial charge in [0.2, 0.25) is 0 Å². The number of benzene rings is 3. The molecule has 1 unspecified atom stereocenters. The fourth-order valence-electron chi connectivity index (χ4n) is 5.23. The minimum Gasteiger partial charge on any atom is -0.493 e. The van der Waals surface area contributed by atoms with E-state index in [2.05, 4.69) is 0 Å². The van der Waals surface area contributed by atoms with Gasteiger partial charge in [-0.3, -0.25) is 4.79 Å². The Kier molecular flexibility index (Phi) is 7.55. The minimum absolute atomic E-state index is 0.141. The van der Waals surface area contributed by atoms with Crippen LogP contribution in [0.2, 0.25) is 0 Å². The van der Waals surface area contributed by atoms with Gasteiger partial charge in [-0.1, -0.05) is 6.07 Å². The first-order chi connectivity index (χ1) is 19.4. The number of aryl methyl sites for hydroxylation is 1. The van der Waals surface area contributed by atoms with Crippen LogP contribution in [0.1, 0.15) is 33.1 Å². The zero-order chi connectivity index (χ0) is 28.4. The van der Waals surface area contributed by atoms with Gasteiger partial charge in [-0.15, -0.1) is 0 Å². The van der Waals surface area contributed by atoms with Crippen molar-refractivity contribution in [3.63, 3.8) is 0 Å². The third kappa shape index (κ3) is 4.90. The summed E-state index contributed by atoms with van der Waals surface area (Å²) in [4.78, 5) is 27.7. The summed E-state index contributed by atoms with van der Waals surface area (Å²) in [5, 5.41) is 0.828. The van der Waals surface area contributed by atoms with E-state index in [1.807, 2.05) is 31.2 Å². The molecule has 0 aliphatic carbocycles. The van der Waals surface area contributed by atoms with E-state index in [1.165, 1.54) is 20.3 Å². The maximum atomic E-state index is 14.0. The van der Waals surface area contributed by atoms with Gasteiger partial charge in [-0.2, -0.15) is 0 Å². The zero-order valence-corrected chi connectivity index (χ0v) is 23.1. The van der Waals surface area contributed by atoms with Crippen LogP contribution >= 0.6 is 0 Å². The Morgan fingerprint density at radius 3 is 2.40 bits per heavy atom. The average Bonchev–Trinajstić information content (AvgIpc) is 2.97. The van der Waals surface area contributed by atoms with Gasteiger partial charge < -0.3 is 33.0 Å². The summed E-state index contributed by atoms with van der Waals surface area (Å²) < 4.78 is 33.7. The second-order valence-corrected chi connectivity index (χ2v) is 9.43. The second kappa shape index (κ2) is 11.2. The Morgan fingerprint density at radius 2 is 1.68 bits per heavy atom. The lowest BCUT2D eigenvalue weighted by Crippen LogP contribution is -2.42. The molecule has 0 saturated heterocycles. The largest absolute Gasteiger partial charge is 0.493 e. The maximum Gasteiger partial charge on any atom is 0.336 e. The molecule has 4 aromatic rings. The van der Waals surface area contributed by atoms with Crippen molar-refractivity contribution < 1.29 is 32.9 Å². The van der Waals surface area contributed by atoms with Crippen molar-refractivity contribution in [2.45, 2.75) is 19.4 Å². The highest BCUT2D eigenvalue weighted by molar-refractivity contribution is 5.98. The van der Waals surface area contributed by atoms with E-state index in [-0.39, 0.29) is 12.5 Å². The number of hydrogen-bond donors (Lipinski definition) is 0. The molecular formula is C31H31NO8. The highest BCUT2D eigenvalue weighted by Crippen LogP contribution is 2.40. The van der Waals surface area contributed by atoms with E-state index in [0.717, 1.165) is 22.1 Å². The predicted molar refractivity (Wildman–Crippen MR) is 149 cm³/mol. The van der Waals surface area contributed by atoms with Crippen molar-refractivity contribution in [2.24, 2.45) is 0 Å². The Hall–Kier alpha value is -4.66. The van der Waals surface area contributed by atoms with Crippen molar-refractivity contribution >= 4 is 16.9 Å². The molecule has 5 rings (SSSR count). The van der Waals surface area contributed by atoms with Gasteiger partial charge in [0, 0.05) is 24.1 Å². The highest BCUT2D eigenvalue weighted by Gasteiger charge is 2.35. The number of ether oxygens (including phenoxy) is 5. The quantitative estimate of drug-likeness (QED) is 0.287. The van der Waals surface area contributed by atoms with Crippen LogP contribution in [0, 0.1) is 6.92 Å². The number of amides is 1. The number of carbonyl (C=O) groups is 1. The molecule has 2 heterocycles. The van der Waals surface area contributed by atoms with Crippen LogP contribution in [0.25, 0.3) is 11.0 Å². The summed E-state index contributed by atoms with van der Waals surface area (Å²) in [5.41, 5.74) is 3.15. The average molecular weight is 546 g/mol. The molecule has 40 heavy (non-hydrogen) atoms. The Balaban J connectivity index is 1.54. The van der Waals surface area contributed by atoms with Crippen LogP contribution in [-0.4, -0.2) is 52.4 Å². The van der Waals surface area contributed by atoms with Gasteiger partial charge in [-0.05, 0) is 66.4 Å². The van der Waals surface area contributed by atoms with Crippen LogP contribution in [0.5, 0.6) is 28.7 Å². The van der Waals surface area contributed by atoms with E-state index >= 15 is 0 Å². The summed E-state index contributed by atoms with van der Waals surface area (Å²) in [7, 11) is 6.22. The van der Waals surface area contributed by atoms with Crippen molar-refractivity contribution in [3.05, 3.63) is 87.3 Å². The first kappa shape index (κ1) is 26.9. The summed E-state index contributed by atoms with van der Waals surface area (Å²) in [6.45, 7) is 2.44.